The Kier molecular flexibility index (Phi) is 6.88. The maximum Gasteiger partial charge on any atom is 0.352 e. The minimum absolute atomic E-state index is 0.00607. The molecule has 4 aromatic rings. The number of carboxylic acid groups (broad SMARTS) is 1. The summed E-state index contributed by atoms with van der Waals surface area (Å²) in [5.74, 6) is -1.67. The molecule has 0 unspecified atom stereocenters. The molecule has 190 valence electrons. The molecule has 0 bridgehead atoms. The smallest absolute Gasteiger partial charge is 0.352 e. The highest BCUT2D eigenvalue weighted by Crippen LogP contribution is 2.38. The monoisotopic (exact) mass is 518 g/mol. The quantitative estimate of drug-likeness (QED) is 0.330. The number of benzene rings is 1. The van der Waals surface area contributed by atoms with Gasteiger partial charge in [-0.15, -0.1) is 11.3 Å². The number of fused-ring (bicyclic) bond motifs is 1. The van der Waals surface area contributed by atoms with Gasteiger partial charge in [-0.1, -0.05) is 13.0 Å². The van der Waals surface area contributed by atoms with Crippen molar-refractivity contribution >= 4 is 39.7 Å². The molecule has 37 heavy (non-hydrogen) atoms. The molecule has 1 amide bonds. The number of carbonyl (C=O) groups is 2. The number of pyridine rings is 1. The summed E-state index contributed by atoms with van der Waals surface area (Å²) in [6.07, 6.45) is 7.75. The Bertz CT molecular complexity index is 1520. The van der Waals surface area contributed by atoms with E-state index in [1.165, 1.54) is 17.4 Å². The molecular weight excluding hydrogens is 491 g/mol. The number of amides is 1. The highest BCUT2D eigenvalue weighted by Gasteiger charge is 2.25. The number of aryl methyl sites for hydroxylation is 3. The van der Waals surface area contributed by atoms with Crippen LogP contribution in [0, 0.1) is 12.7 Å². The van der Waals surface area contributed by atoms with Crippen LogP contribution in [0.15, 0.2) is 42.0 Å². The van der Waals surface area contributed by atoms with Crippen molar-refractivity contribution < 1.29 is 19.1 Å². The summed E-state index contributed by atoms with van der Waals surface area (Å²) in [5.41, 5.74) is 4.60. The first-order valence-corrected chi connectivity index (χ1v) is 13.1. The summed E-state index contributed by atoms with van der Waals surface area (Å²) < 4.78 is 15.9. The molecule has 1 aliphatic heterocycles. The molecule has 5 rings (SSSR count). The largest absolute Gasteiger partial charge is 0.477 e. The molecular formula is C28H27FN4O3S. The fraction of sp³-hybridized carbons (Fsp3) is 0.286. The summed E-state index contributed by atoms with van der Waals surface area (Å²) in [6, 6.07) is 5.25. The van der Waals surface area contributed by atoms with Crippen LogP contribution in [0.3, 0.4) is 0 Å². The number of H-pyrrole nitrogens is 1. The number of aromatic amines is 1. The van der Waals surface area contributed by atoms with Crippen LogP contribution in [0.2, 0.25) is 0 Å². The van der Waals surface area contributed by atoms with Crippen molar-refractivity contribution in [1.82, 2.24) is 19.9 Å². The number of nitrogens with zero attached hydrogens (tertiary/aromatic N) is 3. The minimum Gasteiger partial charge on any atom is -0.477 e. The molecule has 0 fully saturated rings. The first kappa shape index (κ1) is 24.8. The lowest BCUT2D eigenvalue weighted by atomic mass is 9.91. The lowest BCUT2D eigenvalue weighted by molar-refractivity contribution is -0.130. The number of carbonyl (C=O) groups excluding carboxylic acids is 1. The first-order valence-electron chi connectivity index (χ1n) is 12.3. The summed E-state index contributed by atoms with van der Waals surface area (Å²) in [4.78, 5) is 37.9. The van der Waals surface area contributed by atoms with Crippen molar-refractivity contribution in [3.63, 3.8) is 0 Å². The molecule has 7 nitrogen and oxygen atoms in total. The predicted octanol–water partition coefficient (Wildman–Crippen LogP) is 5.64. The lowest BCUT2D eigenvalue weighted by Gasteiger charge is -2.28. The number of hydrogen-bond acceptors (Lipinski definition) is 5. The summed E-state index contributed by atoms with van der Waals surface area (Å²) >= 11 is 1.53. The van der Waals surface area contributed by atoms with Crippen molar-refractivity contribution in [3.05, 3.63) is 75.4 Å². The van der Waals surface area contributed by atoms with Crippen LogP contribution in [0.1, 0.15) is 52.1 Å². The third-order valence-corrected chi connectivity index (χ3v) is 7.61. The van der Waals surface area contributed by atoms with Gasteiger partial charge in [-0.3, -0.25) is 9.78 Å². The van der Waals surface area contributed by atoms with Gasteiger partial charge in [-0.2, -0.15) is 0 Å². The van der Waals surface area contributed by atoms with Crippen molar-refractivity contribution in [2.45, 2.75) is 39.5 Å². The normalized spacial score (nSPS) is 13.7. The zero-order valence-electron chi connectivity index (χ0n) is 20.7. The van der Waals surface area contributed by atoms with Crippen LogP contribution in [0.5, 0.6) is 0 Å². The molecule has 0 radical (unpaired) electrons. The van der Waals surface area contributed by atoms with E-state index in [9.17, 15) is 14.7 Å². The first-order chi connectivity index (χ1) is 17.9. The fourth-order valence-corrected chi connectivity index (χ4v) is 5.50. The van der Waals surface area contributed by atoms with E-state index in [2.05, 4.69) is 15.0 Å². The van der Waals surface area contributed by atoms with Gasteiger partial charge >= 0.3 is 5.97 Å². The Balaban J connectivity index is 1.55. The molecule has 0 aliphatic carbocycles. The average Bonchev–Trinajstić information content (AvgIpc) is 3.59. The Morgan fingerprint density at radius 2 is 2.03 bits per heavy atom. The number of nitrogens with one attached hydrogen (secondary N) is 1. The zero-order chi connectivity index (χ0) is 26.1. The van der Waals surface area contributed by atoms with Crippen LogP contribution in [0.4, 0.5) is 4.39 Å². The number of aromatic carboxylic acids is 1. The van der Waals surface area contributed by atoms with Gasteiger partial charge in [-0.05, 0) is 54.7 Å². The Labute approximate surface area is 217 Å². The number of thiazole rings is 1. The van der Waals surface area contributed by atoms with Gasteiger partial charge in [-0.25, -0.2) is 14.2 Å². The van der Waals surface area contributed by atoms with E-state index in [0.717, 1.165) is 28.2 Å². The molecule has 0 saturated heterocycles. The predicted molar refractivity (Wildman–Crippen MR) is 142 cm³/mol. The van der Waals surface area contributed by atoms with Crippen LogP contribution < -0.4 is 0 Å². The Morgan fingerprint density at radius 3 is 2.76 bits per heavy atom. The molecule has 0 saturated carbocycles. The van der Waals surface area contributed by atoms with E-state index < -0.39 is 11.8 Å². The van der Waals surface area contributed by atoms with Crippen LogP contribution >= 0.6 is 11.3 Å². The molecule has 1 aromatic carbocycles. The molecule has 9 heteroatoms. The second-order valence-electron chi connectivity index (χ2n) is 9.16. The fourth-order valence-electron chi connectivity index (χ4n) is 4.88. The van der Waals surface area contributed by atoms with Gasteiger partial charge < -0.3 is 15.0 Å². The maximum absolute atomic E-state index is 15.9. The number of carboxylic acids is 1. The maximum atomic E-state index is 15.9. The summed E-state index contributed by atoms with van der Waals surface area (Å²) in [5, 5.41) is 12.9. The number of aromatic nitrogens is 3. The second kappa shape index (κ2) is 10.3. The third kappa shape index (κ3) is 4.91. The third-order valence-electron chi connectivity index (χ3n) is 6.77. The van der Waals surface area contributed by atoms with Gasteiger partial charge in [0.25, 0.3) is 0 Å². The summed E-state index contributed by atoms with van der Waals surface area (Å²) in [7, 11) is 0. The van der Waals surface area contributed by atoms with E-state index in [4.69, 9.17) is 0 Å². The molecule has 0 atom stereocenters. The Morgan fingerprint density at radius 1 is 1.19 bits per heavy atom. The number of rotatable bonds is 7. The van der Waals surface area contributed by atoms with Crippen molar-refractivity contribution in [1.29, 1.82) is 0 Å². The lowest BCUT2D eigenvalue weighted by Crippen LogP contribution is -2.35. The topological polar surface area (TPSA) is 99.2 Å². The second-order valence-corrected chi connectivity index (χ2v) is 10.1. The SMILES string of the molecule is CCc1cc(C)ncc1-c1cc(C2=CCCN(C(=O)CCc3nccs3)C2)c(F)c2[nH]c(C(=O)O)cc12. The van der Waals surface area contributed by atoms with Gasteiger partial charge in [0.1, 0.15) is 5.69 Å². The van der Waals surface area contributed by atoms with Gasteiger partial charge in [0.2, 0.25) is 5.91 Å². The molecule has 3 aromatic heterocycles. The number of hydrogen-bond donors (Lipinski definition) is 2. The minimum atomic E-state index is -1.16. The van der Waals surface area contributed by atoms with E-state index in [0.29, 0.717) is 47.9 Å². The molecule has 0 spiro atoms. The molecule has 2 N–H and O–H groups in total. The van der Waals surface area contributed by atoms with E-state index in [-0.39, 0.29) is 23.7 Å². The summed E-state index contributed by atoms with van der Waals surface area (Å²) in [6.45, 7) is 4.82. The van der Waals surface area contributed by atoms with Crippen molar-refractivity contribution in [2.75, 3.05) is 13.1 Å². The van der Waals surface area contributed by atoms with Gasteiger partial charge in [0.05, 0.1) is 10.5 Å². The number of halogens is 1. The van der Waals surface area contributed by atoms with Crippen LogP contribution in [0.25, 0.3) is 27.6 Å². The standard InChI is InChI=1S/C28H27FN4O3S/c1-3-17-11-16(2)31-14-22(17)20-12-19(26(29)27-21(20)13-23(32-27)28(35)36)18-5-4-9-33(15-18)25(34)7-6-24-30-8-10-37-24/h5,8,10-14,32H,3-4,6-7,9,15H2,1-2H3,(H,35,36). The van der Waals surface area contributed by atoms with Crippen molar-refractivity contribution in [2.24, 2.45) is 0 Å². The van der Waals surface area contributed by atoms with Crippen LogP contribution in [-0.4, -0.2) is 49.9 Å². The Hall–Kier alpha value is -3.85. The van der Waals surface area contributed by atoms with E-state index >= 15 is 4.39 Å². The van der Waals surface area contributed by atoms with E-state index in [1.54, 1.807) is 23.4 Å². The van der Waals surface area contributed by atoms with E-state index in [1.807, 2.05) is 31.4 Å². The average molecular weight is 519 g/mol. The zero-order valence-corrected chi connectivity index (χ0v) is 21.5. The highest BCUT2D eigenvalue weighted by atomic mass is 32.1. The van der Waals surface area contributed by atoms with Crippen LogP contribution in [-0.2, 0) is 17.6 Å². The molecule has 4 heterocycles. The van der Waals surface area contributed by atoms with Gasteiger partial charge in [0.15, 0.2) is 5.82 Å². The molecule has 1 aliphatic rings. The van der Waals surface area contributed by atoms with Gasteiger partial charge in [0, 0.05) is 65.9 Å². The highest BCUT2D eigenvalue weighted by molar-refractivity contribution is 7.09. The van der Waals surface area contributed by atoms with Crippen molar-refractivity contribution in [3.8, 4) is 11.1 Å².